The highest BCUT2D eigenvalue weighted by molar-refractivity contribution is 7.92. The fraction of sp³-hybridized carbons (Fsp3) is 0.208. The Morgan fingerprint density at radius 1 is 1.10 bits per heavy atom. The molecule has 1 aliphatic rings. The molecule has 5 rings (SSSR count). The highest BCUT2D eigenvalue weighted by Crippen LogP contribution is 2.35. The van der Waals surface area contributed by atoms with Crippen LogP contribution in [0.1, 0.15) is 6.92 Å². The first-order valence-electron chi connectivity index (χ1n) is 11.5. The van der Waals surface area contributed by atoms with E-state index in [0.29, 0.717) is 19.3 Å². The molecule has 0 unspecified atom stereocenters. The highest BCUT2D eigenvalue weighted by atomic mass is 35.5. The molecule has 0 bridgehead atoms. The fourth-order valence-electron chi connectivity index (χ4n) is 4.06. The Labute approximate surface area is 230 Å². The van der Waals surface area contributed by atoms with Gasteiger partial charge in [-0.3, -0.25) is 9.52 Å². The first kappa shape index (κ1) is 27.3. The molecule has 4 heterocycles. The second kappa shape index (κ2) is 10.4. The van der Waals surface area contributed by atoms with Gasteiger partial charge in [-0.05, 0) is 18.2 Å². The van der Waals surface area contributed by atoms with Gasteiger partial charge in [-0.15, -0.1) is 0 Å². The second-order valence-electron chi connectivity index (χ2n) is 8.73. The zero-order chi connectivity index (χ0) is 28.8. The molecular weight excluding hydrogens is 575 g/mol. The van der Waals surface area contributed by atoms with Crippen molar-refractivity contribution < 1.29 is 31.1 Å². The Kier molecular flexibility index (Phi) is 7.10. The van der Waals surface area contributed by atoms with Crippen molar-refractivity contribution in [2.45, 2.75) is 17.9 Å². The van der Waals surface area contributed by atoms with Gasteiger partial charge in [-0.25, -0.2) is 41.5 Å². The number of sulfonamides is 1. The van der Waals surface area contributed by atoms with Crippen LogP contribution in [0.25, 0.3) is 22.0 Å². The molecule has 1 saturated heterocycles. The minimum Gasteiger partial charge on any atom is -0.480 e. The minimum atomic E-state index is -4.57. The van der Waals surface area contributed by atoms with E-state index >= 15 is 8.78 Å². The van der Waals surface area contributed by atoms with Gasteiger partial charge in [0.25, 0.3) is 10.0 Å². The SMILES string of the molecule is COc1ncc(Cl)cc1S(=O)(=O)Nc1ncc(F)c(-c2ccc3nc(NC4CN(C(C)=O)C4)ncc3c2F)c1F. The molecule has 0 spiro atoms. The first-order chi connectivity index (χ1) is 19.0. The van der Waals surface area contributed by atoms with Crippen molar-refractivity contribution in [1.82, 2.24) is 24.8 Å². The van der Waals surface area contributed by atoms with E-state index in [2.05, 4.69) is 25.3 Å². The Balaban J connectivity index is 1.47. The number of hydrogen-bond donors (Lipinski definition) is 2. The van der Waals surface area contributed by atoms with E-state index in [-0.39, 0.29) is 39.7 Å². The summed E-state index contributed by atoms with van der Waals surface area (Å²) in [6.07, 6.45) is 2.86. The Morgan fingerprint density at radius 3 is 2.55 bits per heavy atom. The summed E-state index contributed by atoms with van der Waals surface area (Å²) in [4.78, 5) is 28.0. The van der Waals surface area contributed by atoms with E-state index in [4.69, 9.17) is 16.3 Å². The van der Waals surface area contributed by atoms with Gasteiger partial charge in [0.15, 0.2) is 22.3 Å². The number of hydrogen-bond acceptors (Lipinski definition) is 9. The molecule has 11 nitrogen and oxygen atoms in total. The molecule has 0 aliphatic carbocycles. The van der Waals surface area contributed by atoms with Crippen LogP contribution in [-0.2, 0) is 14.8 Å². The number of amides is 1. The molecule has 1 amide bonds. The average Bonchev–Trinajstić information content (AvgIpc) is 2.88. The summed E-state index contributed by atoms with van der Waals surface area (Å²) in [6, 6.07) is 3.40. The maximum Gasteiger partial charge on any atom is 0.268 e. The largest absolute Gasteiger partial charge is 0.480 e. The standard InChI is InChI=1S/C24H19ClF3N7O4S/c1-11(36)35-9-13(10-35)32-24-31-7-15-17(33-24)4-3-14(20(15)27)19-16(26)8-29-22(21(19)28)34-40(37,38)18-5-12(25)6-30-23(18)39-2/h3-8,13H,9-10H2,1-2H3,(H,29,34)(H,31,32,33). The number of nitrogens with one attached hydrogen (secondary N) is 2. The third kappa shape index (κ3) is 5.04. The molecular formula is C24H19ClF3N7O4S. The number of carbonyl (C=O) groups is 1. The number of fused-ring (bicyclic) bond motifs is 1. The van der Waals surface area contributed by atoms with Crippen LogP contribution in [0, 0.1) is 17.5 Å². The lowest BCUT2D eigenvalue weighted by Gasteiger charge is -2.38. The topological polar surface area (TPSA) is 139 Å². The zero-order valence-corrected chi connectivity index (χ0v) is 22.3. The van der Waals surface area contributed by atoms with Crippen molar-refractivity contribution in [3.05, 3.63) is 59.3 Å². The van der Waals surface area contributed by atoms with Gasteiger partial charge in [-0.1, -0.05) is 11.6 Å². The number of nitrogens with zero attached hydrogens (tertiary/aromatic N) is 5. The molecule has 1 fully saturated rings. The lowest BCUT2D eigenvalue weighted by Crippen LogP contribution is -2.56. The lowest BCUT2D eigenvalue weighted by atomic mass is 10.0. The molecule has 16 heteroatoms. The quantitative estimate of drug-likeness (QED) is 0.329. The van der Waals surface area contributed by atoms with E-state index < -0.39 is 49.3 Å². The molecule has 1 aliphatic heterocycles. The Morgan fingerprint density at radius 2 is 1.85 bits per heavy atom. The number of halogens is 4. The van der Waals surface area contributed by atoms with Crippen molar-refractivity contribution in [2.24, 2.45) is 0 Å². The molecule has 0 atom stereocenters. The van der Waals surface area contributed by atoms with Crippen LogP contribution >= 0.6 is 11.6 Å². The number of rotatable bonds is 7. The monoisotopic (exact) mass is 593 g/mol. The molecule has 40 heavy (non-hydrogen) atoms. The second-order valence-corrected chi connectivity index (χ2v) is 10.8. The van der Waals surface area contributed by atoms with Crippen LogP contribution in [0.2, 0.25) is 5.02 Å². The van der Waals surface area contributed by atoms with Gasteiger partial charge in [-0.2, -0.15) is 0 Å². The summed E-state index contributed by atoms with van der Waals surface area (Å²) in [5, 5.41) is 2.87. The van der Waals surface area contributed by atoms with Crippen LogP contribution in [0.4, 0.5) is 24.9 Å². The summed E-state index contributed by atoms with van der Waals surface area (Å²) >= 11 is 5.85. The average molecular weight is 594 g/mol. The minimum absolute atomic E-state index is 0.0427. The summed E-state index contributed by atoms with van der Waals surface area (Å²) in [6.45, 7) is 2.40. The molecule has 3 aromatic heterocycles. The number of ether oxygens (including phenoxy) is 1. The fourth-order valence-corrected chi connectivity index (χ4v) is 5.44. The van der Waals surface area contributed by atoms with Gasteiger partial charge >= 0.3 is 0 Å². The van der Waals surface area contributed by atoms with E-state index in [1.165, 1.54) is 20.1 Å². The van der Waals surface area contributed by atoms with Crippen LogP contribution < -0.4 is 14.8 Å². The number of benzene rings is 1. The van der Waals surface area contributed by atoms with E-state index in [9.17, 15) is 17.6 Å². The summed E-state index contributed by atoms with van der Waals surface area (Å²) < 4.78 is 78.6. The maximum atomic E-state index is 15.5. The van der Waals surface area contributed by atoms with Crippen molar-refractivity contribution in [1.29, 1.82) is 0 Å². The Bertz CT molecular complexity index is 1770. The number of methoxy groups -OCH3 is 1. The summed E-state index contributed by atoms with van der Waals surface area (Å²) in [7, 11) is -3.40. The first-order valence-corrected chi connectivity index (χ1v) is 13.4. The number of likely N-dealkylation sites (tertiary alicyclic amines) is 1. The molecule has 0 radical (unpaired) electrons. The van der Waals surface area contributed by atoms with Gasteiger partial charge in [0.05, 0.1) is 40.8 Å². The van der Waals surface area contributed by atoms with Crippen LogP contribution in [0.5, 0.6) is 5.88 Å². The van der Waals surface area contributed by atoms with Crippen LogP contribution in [-0.4, -0.2) is 65.4 Å². The van der Waals surface area contributed by atoms with E-state index in [1.54, 1.807) is 4.90 Å². The number of aromatic nitrogens is 4. The third-order valence-corrected chi connectivity index (χ3v) is 7.64. The van der Waals surface area contributed by atoms with E-state index in [0.717, 1.165) is 24.5 Å². The Hall–Kier alpha value is -4.24. The molecule has 208 valence electrons. The van der Waals surface area contributed by atoms with Gasteiger partial charge in [0, 0.05) is 38.0 Å². The predicted octanol–water partition coefficient (Wildman–Crippen LogP) is 3.61. The molecule has 2 N–H and O–H groups in total. The lowest BCUT2D eigenvalue weighted by molar-refractivity contribution is -0.132. The smallest absolute Gasteiger partial charge is 0.268 e. The third-order valence-electron chi connectivity index (χ3n) is 6.10. The van der Waals surface area contributed by atoms with Crippen LogP contribution in [0.15, 0.2) is 41.7 Å². The van der Waals surface area contributed by atoms with Crippen molar-refractivity contribution in [3.63, 3.8) is 0 Å². The molecule has 1 aromatic carbocycles. The van der Waals surface area contributed by atoms with Crippen LogP contribution in [0.3, 0.4) is 0 Å². The normalized spacial score (nSPS) is 13.7. The maximum absolute atomic E-state index is 15.5. The number of carbonyl (C=O) groups excluding carboxylic acids is 1. The van der Waals surface area contributed by atoms with Gasteiger partial charge in [0.1, 0.15) is 5.82 Å². The number of anilines is 2. The molecule has 4 aromatic rings. The van der Waals surface area contributed by atoms with Crippen molar-refractivity contribution in [2.75, 3.05) is 30.2 Å². The highest BCUT2D eigenvalue weighted by Gasteiger charge is 2.30. The molecule has 0 saturated carbocycles. The number of pyridine rings is 2. The zero-order valence-electron chi connectivity index (χ0n) is 20.7. The van der Waals surface area contributed by atoms with Gasteiger partial charge < -0.3 is 15.0 Å². The van der Waals surface area contributed by atoms with Crippen molar-refractivity contribution >= 4 is 50.2 Å². The summed E-state index contributed by atoms with van der Waals surface area (Å²) in [5.41, 5.74) is -1.21. The van der Waals surface area contributed by atoms with Crippen molar-refractivity contribution in [3.8, 4) is 17.0 Å². The predicted molar refractivity (Wildman–Crippen MR) is 139 cm³/mol. The van der Waals surface area contributed by atoms with Gasteiger partial charge in [0.2, 0.25) is 17.7 Å². The van der Waals surface area contributed by atoms with E-state index in [1.807, 2.05) is 4.72 Å². The summed E-state index contributed by atoms with van der Waals surface area (Å²) in [5.74, 6) is -4.82.